The number of hydrogen-bond donors (Lipinski definition) is 0. The Bertz CT molecular complexity index is 2270. The summed E-state index contributed by atoms with van der Waals surface area (Å²) in [5.41, 5.74) is 19.3. The van der Waals surface area contributed by atoms with Crippen LogP contribution in [0.4, 0.5) is 0 Å². The zero-order valence-electron chi connectivity index (χ0n) is 42.3. The van der Waals surface area contributed by atoms with E-state index in [1.165, 1.54) is 236 Å². The fourth-order valence-corrected chi connectivity index (χ4v) is 13.3. The first-order valence-corrected chi connectivity index (χ1v) is 28.6. The number of hydrogen-bond acceptors (Lipinski definition) is 3. The van der Waals surface area contributed by atoms with Gasteiger partial charge in [-0.05, 0) is 93.5 Å². The molecule has 1 heterocycles. The van der Waals surface area contributed by atoms with E-state index in [0.29, 0.717) is 0 Å². The molecule has 0 saturated heterocycles. The fourth-order valence-electron chi connectivity index (χ4n) is 12.7. The molecular formula is C64H84N2S. The molecule has 6 aromatic rings. The minimum absolute atomic E-state index is 0.0519. The van der Waals surface area contributed by atoms with Crippen molar-refractivity contribution in [2.45, 2.75) is 218 Å². The Morgan fingerprint density at radius 3 is 0.970 bits per heavy atom. The maximum atomic E-state index is 5.13. The molecule has 0 N–H and O–H groups in total. The van der Waals surface area contributed by atoms with E-state index >= 15 is 0 Å². The van der Waals surface area contributed by atoms with Gasteiger partial charge in [0.2, 0.25) is 0 Å². The summed E-state index contributed by atoms with van der Waals surface area (Å²) in [6.07, 6.45) is 36.9. The minimum atomic E-state index is 0.0519. The molecule has 0 spiro atoms. The van der Waals surface area contributed by atoms with Crippen LogP contribution in [0.1, 0.15) is 230 Å². The lowest BCUT2D eigenvalue weighted by atomic mass is 9.70. The summed E-state index contributed by atoms with van der Waals surface area (Å²) in [5.74, 6) is 0. The van der Waals surface area contributed by atoms with E-state index < -0.39 is 0 Å². The first-order valence-electron chi connectivity index (χ1n) is 27.8. The smallest absolute Gasteiger partial charge is 0.113 e. The molecule has 0 fully saturated rings. The summed E-state index contributed by atoms with van der Waals surface area (Å²) in [6, 6.07) is 38.5. The maximum Gasteiger partial charge on any atom is 0.113 e. The van der Waals surface area contributed by atoms with Crippen LogP contribution < -0.4 is 0 Å². The average molecular weight is 913 g/mol. The minimum Gasteiger partial charge on any atom is -0.172 e. The summed E-state index contributed by atoms with van der Waals surface area (Å²) in [4.78, 5) is 0. The molecule has 0 atom stereocenters. The first kappa shape index (κ1) is 49.3. The number of rotatable bonds is 30. The predicted molar refractivity (Wildman–Crippen MR) is 293 cm³/mol. The normalized spacial score (nSPS) is 14.1. The SMILES string of the molecule is CCCCCCCCC1(CCCCCCCC)c2ccccc2-c2ccc(-c3ccc(-c4ccc5c(c4)C(CCCCCCCC)(CCCCCCCC)c4ccccc4-5)c4nsnc34)cc21. The topological polar surface area (TPSA) is 25.8 Å². The molecular weight excluding hydrogens is 829 g/mol. The number of aromatic nitrogens is 2. The van der Waals surface area contributed by atoms with E-state index in [-0.39, 0.29) is 10.8 Å². The average Bonchev–Trinajstić information content (AvgIpc) is 4.04. The summed E-state index contributed by atoms with van der Waals surface area (Å²) in [7, 11) is 0. The van der Waals surface area contributed by atoms with Crippen molar-refractivity contribution in [3.8, 4) is 44.5 Å². The van der Waals surface area contributed by atoms with Gasteiger partial charge in [0.1, 0.15) is 11.0 Å². The Balaban J connectivity index is 1.14. The molecule has 2 aliphatic carbocycles. The predicted octanol–water partition coefficient (Wildman–Crippen LogP) is 20.6. The van der Waals surface area contributed by atoms with Gasteiger partial charge in [-0.1, -0.05) is 267 Å². The largest absolute Gasteiger partial charge is 0.172 e. The monoisotopic (exact) mass is 913 g/mol. The highest BCUT2D eigenvalue weighted by Gasteiger charge is 2.44. The van der Waals surface area contributed by atoms with E-state index in [0.717, 1.165) is 11.0 Å². The van der Waals surface area contributed by atoms with E-state index in [4.69, 9.17) is 8.75 Å². The Morgan fingerprint density at radius 2 is 0.612 bits per heavy atom. The lowest BCUT2D eigenvalue weighted by molar-refractivity contribution is 0.398. The van der Waals surface area contributed by atoms with Crippen LogP contribution >= 0.6 is 11.7 Å². The second-order valence-electron chi connectivity index (χ2n) is 21.0. The molecule has 3 heteroatoms. The molecule has 1 aromatic heterocycles. The molecule has 0 aliphatic heterocycles. The van der Waals surface area contributed by atoms with Gasteiger partial charge in [-0.15, -0.1) is 0 Å². The lowest BCUT2D eigenvalue weighted by Crippen LogP contribution is -2.25. The highest BCUT2D eigenvalue weighted by atomic mass is 32.1. The van der Waals surface area contributed by atoms with Crippen molar-refractivity contribution in [3.63, 3.8) is 0 Å². The van der Waals surface area contributed by atoms with Gasteiger partial charge in [-0.2, -0.15) is 8.75 Å². The second kappa shape index (κ2) is 24.5. The van der Waals surface area contributed by atoms with Gasteiger partial charge in [-0.25, -0.2) is 0 Å². The molecule has 2 nitrogen and oxygen atoms in total. The summed E-state index contributed by atoms with van der Waals surface area (Å²) in [5, 5.41) is 0. The molecule has 0 amide bonds. The van der Waals surface area contributed by atoms with Gasteiger partial charge in [-0.3, -0.25) is 0 Å². The molecule has 0 radical (unpaired) electrons. The summed E-state index contributed by atoms with van der Waals surface area (Å²) < 4.78 is 10.3. The summed E-state index contributed by atoms with van der Waals surface area (Å²) >= 11 is 1.38. The van der Waals surface area contributed by atoms with Crippen LogP contribution in [0.5, 0.6) is 0 Å². The Hall–Kier alpha value is -4.08. The number of fused-ring (bicyclic) bond motifs is 7. The highest BCUT2D eigenvalue weighted by molar-refractivity contribution is 7.00. The van der Waals surface area contributed by atoms with E-state index in [9.17, 15) is 0 Å². The molecule has 0 saturated carbocycles. The van der Waals surface area contributed by atoms with Crippen LogP contribution in [0.3, 0.4) is 0 Å². The molecule has 67 heavy (non-hydrogen) atoms. The molecule has 8 rings (SSSR count). The third-order valence-electron chi connectivity index (χ3n) is 16.4. The van der Waals surface area contributed by atoms with Gasteiger partial charge in [0, 0.05) is 22.0 Å². The quantitative estimate of drug-likeness (QED) is 0.0421. The zero-order valence-corrected chi connectivity index (χ0v) is 43.2. The molecule has 0 unspecified atom stereocenters. The number of benzene rings is 5. The molecule has 0 bridgehead atoms. The van der Waals surface area contributed by atoms with Crippen molar-refractivity contribution < 1.29 is 0 Å². The molecule has 2 aliphatic rings. The summed E-state index contributed by atoms with van der Waals surface area (Å²) in [6.45, 7) is 9.31. The molecule has 356 valence electrons. The lowest BCUT2D eigenvalue weighted by Gasteiger charge is -2.33. The highest BCUT2D eigenvalue weighted by Crippen LogP contribution is 2.57. The number of unbranched alkanes of at least 4 members (excludes halogenated alkanes) is 20. The van der Waals surface area contributed by atoms with Gasteiger partial charge in [0.25, 0.3) is 0 Å². The Kier molecular flexibility index (Phi) is 18.0. The van der Waals surface area contributed by atoms with E-state index in [1.807, 2.05) is 0 Å². The van der Waals surface area contributed by atoms with Crippen LogP contribution in [0, 0.1) is 0 Å². The van der Waals surface area contributed by atoms with Crippen molar-refractivity contribution in [1.29, 1.82) is 0 Å². The van der Waals surface area contributed by atoms with Crippen molar-refractivity contribution in [1.82, 2.24) is 8.75 Å². The van der Waals surface area contributed by atoms with Crippen molar-refractivity contribution >= 4 is 22.8 Å². The first-order chi connectivity index (χ1) is 33.1. The van der Waals surface area contributed by atoms with Crippen LogP contribution in [0.2, 0.25) is 0 Å². The van der Waals surface area contributed by atoms with Gasteiger partial charge >= 0.3 is 0 Å². The van der Waals surface area contributed by atoms with Crippen LogP contribution in [0.25, 0.3) is 55.5 Å². The van der Waals surface area contributed by atoms with Crippen molar-refractivity contribution in [2.75, 3.05) is 0 Å². The third-order valence-corrected chi connectivity index (χ3v) is 16.9. The van der Waals surface area contributed by atoms with Crippen LogP contribution in [0.15, 0.2) is 97.1 Å². The second-order valence-corrected chi connectivity index (χ2v) is 21.5. The van der Waals surface area contributed by atoms with Crippen molar-refractivity contribution in [2.24, 2.45) is 0 Å². The van der Waals surface area contributed by atoms with Crippen molar-refractivity contribution in [3.05, 3.63) is 119 Å². The number of nitrogens with zero attached hydrogens (tertiary/aromatic N) is 2. The molecule has 5 aromatic carbocycles. The van der Waals surface area contributed by atoms with Gasteiger partial charge in [0.15, 0.2) is 0 Å². The fraction of sp³-hybridized carbons (Fsp3) is 0.531. The Morgan fingerprint density at radius 1 is 0.313 bits per heavy atom. The van der Waals surface area contributed by atoms with Gasteiger partial charge in [0.05, 0.1) is 11.7 Å². The third kappa shape index (κ3) is 10.9. The van der Waals surface area contributed by atoms with Crippen LogP contribution in [-0.2, 0) is 10.8 Å². The Labute approximate surface area is 411 Å². The standard InChI is InChI=1S/C64H84N2S/c1-5-9-13-17-21-29-43-63(44-30-22-18-14-10-6-2)57-35-27-25-33-53(57)55-39-37-49(47-59(55)63)51-41-42-52(62-61(51)65-67-66-62)50-38-40-56-54-34-26-28-36-58(54)64(60(56)48-50,45-31-23-19-15-11-7-3)46-32-24-20-16-12-8-4/h25-28,33-42,47-48H,5-24,29-32,43-46H2,1-4H3. The maximum absolute atomic E-state index is 5.13. The van der Waals surface area contributed by atoms with Crippen LogP contribution in [-0.4, -0.2) is 8.75 Å². The zero-order chi connectivity index (χ0) is 46.3. The van der Waals surface area contributed by atoms with E-state index in [1.54, 1.807) is 22.3 Å². The van der Waals surface area contributed by atoms with Gasteiger partial charge < -0.3 is 0 Å². The van der Waals surface area contributed by atoms with E-state index in [2.05, 4.69) is 125 Å².